The third kappa shape index (κ3) is 2.23. The van der Waals surface area contributed by atoms with Gasteiger partial charge in [-0.3, -0.25) is 10.1 Å². The zero-order chi connectivity index (χ0) is 14.1. The minimum Gasteiger partial charge on any atom is -0.398 e. The van der Waals surface area contributed by atoms with Crippen LogP contribution in [0.25, 0.3) is 10.2 Å². The molecule has 0 aliphatic heterocycles. The summed E-state index contributed by atoms with van der Waals surface area (Å²) in [6, 6.07) is 13.1. The predicted octanol–water partition coefficient (Wildman–Crippen LogP) is 3.44. The highest BCUT2D eigenvalue weighted by molar-refractivity contribution is 7.22. The molecule has 3 N–H and O–H groups in total. The summed E-state index contributed by atoms with van der Waals surface area (Å²) >= 11 is 1.46. The average molecular weight is 283 g/mol. The number of anilines is 2. The van der Waals surface area contributed by atoms with Crippen LogP contribution < -0.4 is 11.1 Å². The summed E-state index contributed by atoms with van der Waals surface area (Å²) in [5.74, 6) is -0.186. The summed E-state index contributed by atoms with van der Waals surface area (Å²) in [4.78, 5) is 16.6. The number of nitrogens with zero attached hydrogens (tertiary/aromatic N) is 1. The van der Waals surface area contributed by atoms with E-state index in [0.29, 0.717) is 16.4 Å². The lowest BCUT2D eigenvalue weighted by atomic mass is 10.1. The van der Waals surface area contributed by atoms with Gasteiger partial charge in [-0.1, -0.05) is 29.5 Å². The molecule has 1 heterocycles. The van der Waals surface area contributed by atoms with Crippen LogP contribution in [0, 0.1) is 6.92 Å². The van der Waals surface area contributed by atoms with Gasteiger partial charge in [0.15, 0.2) is 5.13 Å². The van der Waals surface area contributed by atoms with Gasteiger partial charge in [0.1, 0.15) is 0 Å². The smallest absolute Gasteiger partial charge is 0.257 e. The monoisotopic (exact) mass is 283 g/mol. The minimum atomic E-state index is -0.186. The van der Waals surface area contributed by atoms with Crippen LogP contribution in [0.4, 0.5) is 10.8 Å². The van der Waals surface area contributed by atoms with Gasteiger partial charge in [0.2, 0.25) is 0 Å². The fourth-order valence-corrected chi connectivity index (χ4v) is 2.85. The molecule has 0 saturated carbocycles. The van der Waals surface area contributed by atoms with Crippen molar-refractivity contribution in [2.45, 2.75) is 6.92 Å². The highest BCUT2D eigenvalue weighted by Crippen LogP contribution is 2.26. The van der Waals surface area contributed by atoms with Crippen molar-refractivity contribution < 1.29 is 4.79 Å². The number of aromatic nitrogens is 1. The van der Waals surface area contributed by atoms with Crippen LogP contribution in [0.3, 0.4) is 0 Å². The normalized spacial score (nSPS) is 10.7. The van der Waals surface area contributed by atoms with Gasteiger partial charge in [-0.05, 0) is 36.8 Å². The van der Waals surface area contributed by atoms with Gasteiger partial charge < -0.3 is 5.73 Å². The van der Waals surface area contributed by atoms with E-state index < -0.39 is 0 Å². The van der Waals surface area contributed by atoms with Crippen LogP contribution >= 0.6 is 11.3 Å². The second-order valence-electron chi connectivity index (χ2n) is 4.46. The van der Waals surface area contributed by atoms with Crippen molar-refractivity contribution in [2.75, 3.05) is 11.1 Å². The summed E-state index contributed by atoms with van der Waals surface area (Å²) in [5.41, 5.74) is 8.68. The van der Waals surface area contributed by atoms with Gasteiger partial charge in [-0.15, -0.1) is 0 Å². The maximum absolute atomic E-state index is 12.3. The summed E-state index contributed by atoms with van der Waals surface area (Å²) in [6.45, 7) is 1.84. The van der Waals surface area contributed by atoms with E-state index in [-0.39, 0.29) is 5.91 Å². The van der Waals surface area contributed by atoms with E-state index in [1.54, 1.807) is 18.2 Å². The van der Waals surface area contributed by atoms with Crippen LogP contribution in [0.15, 0.2) is 42.5 Å². The average Bonchev–Trinajstić information content (AvgIpc) is 2.83. The number of hydrogen-bond donors (Lipinski definition) is 2. The van der Waals surface area contributed by atoms with E-state index in [1.165, 1.54) is 11.3 Å². The Balaban J connectivity index is 1.90. The molecule has 5 heteroatoms. The molecule has 1 amide bonds. The molecule has 0 fully saturated rings. The first kappa shape index (κ1) is 12.6. The predicted molar refractivity (Wildman–Crippen MR) is 83.2 cm³/mol. The van der Waals surface area contributed by atoms with Gasteiger partial charge >= 0.3 is 0 Å². The Morgan fingerprint density at radius 3 is 2.80 bits per heavy atom. The molecule has 0 aliphatic carbocycles. The number of hydrogen-bond acceptors (Lipinski definition) is 4. The maximum atomic E-state index is 12.3. The van der Waals surface area contributed by atoms with E-state index in [4.69, 9.17) is 5.73 Å². The van der Waals surface area contributed by atoms with Crippen molar-refractivity contribution >= 4 is 38.3 Å². The summed E-state index contributed by atoms with van der Waals surface area (Å²) < 4.78 is 1.05. The Hall–Kier alpha value is -2.40. The molecular weight excluding hydrogens is 270 g/mol. The van der Waals surface area contributed by atoms with Crippen molar-refractivity contribution in [1.82, 2.24) is 4.98 Å². The lowest BCUT2D eigenvalue weighted by molar-refractivity contribution is 0.102. The summed E-state index contributed by atoms with van der Waals surface area (Å²) in [5, 5.41) is 3.42. The van der Waals surface area contributed by atoms with E-state index in [1.807, 2.05) is 31.2 Å². The Labute approximate surface area is 120 Å². The largest absolute Gasteiger partial charge is 0.398 e. The minimum absolute atomic E-state index is 0.186. The lowest BCUT2D eigenvalue weighted by Gasteiger charge is -2.07. The highest BCUT2D eigenvalue weighted by Gasteiger charge is 2.12. The Morgan fingerprint density at radius 2 is 2.00 bits per heavy atom. The van der Waals surface area contributed by atoms with Gasteiger partial charge in [0.05, 0.1) is 10.2 Å². The molecule has 4 nitrogen and oxygen atoms in total. The van der Waals surface area contributed by atoms with Gasteiger partial charge in [0.25, 0.3) is 5.91 Å². The molecule has 0 saturated heterocycles. The number of para-hydroxylation sites is 1. The Bertz CT molecular complexity index is 762. The first-order chi connectivity index (χ1) is 9.65. The molecule has 0 bridgehead atoms. The van der Waals surface area contributed by atoms with Crippen molar-refractivity contribution in [1.29, 1.82) is 0 Å². The summed E-state index contributed by atoms with van der Waals surface area (Å²) in [7, 11) is 0. The van der Waals surface area contributed by atoms with Gasteiger partial charge in [-0.2, -0.15) is 0 Å². The van der Waals surface area contributed by atoms with E-state index >= 15 is 0 Å². The molecule has 100 valence electrons. The fraction of sp³-hybridized carbons (Fsp3) is 0.0667. The number of nitrogens with one attached hydrogen (secondary N) is 1. The highest BCUT2D eigenvalue weighted by atomic mass is 32.1. The van der Waals surface area contributed by atoms with Gasteiger partial charge in [-0.25, -0.2) is 4.98 Å². The Morgan fingerprint density at radius 1 is 1.20 bits per heavy atom. The Kier molecular flexibility index (Phi) is 3.12. The number of thiazole rings is 1. The number of amides is 1. The number of rotatable bonds is 2. The van der Waals surface area contributed by atoms with Crippen LogP contribution in [-0.2, 0) is 0 Å². The van der Waals surface area contributed by atoms with Crippen LogP contribution in [-0.4, -0.2) is 10.9 Å². The topological polar surface area (TPSA) is 68.0 Å². The van der Waals surface area contributed by atoms with Crippen molar-refractivity contribution in [3.05, 3.63) is 53.6 Å². The maximum Gasteiger partial charge on any atom is 0.257 e. The molecule has 2 aromatic carbocycles. The zero-order valence-electron chi connectivity index (χ0n) is 10.9. The molecular formula is C15H13N3OS. The number of fused-ring (bicyclic) bond motifs is 1. The fourth-order valence-electron chi connectivity index (χ4n) is 1.99. The van der Waals surface area contributed by atoms with Crippen LogP contribution in [0.1, 0.15) is 15.9 Å². The van der Waals surface area contributed by atoms with E-state index in [9.17, 15) is 4.79 Å². The third-order valence-corrected chi connectivity index (χ3v) is 4.09. The number of nitrogens with two attached hydrogens (primary N) is 1. The number of carbonyl (C=O) groups is 1. The van der Waals surface area contributed by atoms with Crippen molar-refractivity contribution in [3.8, 4) is 0 Å². The third-order valence-electron chi connectivity index (χ3n) is 3.13. The molecule has 0 radical (unpaired) electrons. The molecule has 0 aliphatic rings. The molecule has 3 rings (SSSR count). The first-order valence-electron chi connectivity index (χ1n) is 6.17. The number of benzene rings is 2. The van der Waals surface area contributed by atoms with Crippen LogP contribution in [0.5, 0.6) is 0 Å². The second kappa shape index (κ2) is 4.94. The molecule has 0 atom stereocenters. The lowest BCUT2D eigenvalue weighted by Crippen LogP contribution is -2.13. The van der Waals surface area contributed by atoms with E-state index in [0.717, 1.165) is 15.8 Å². The first-order valence-corrected chi connectivity index (χ1v) is 6.99. The molecule has 0 unspecified atom stereocenters. The number of nitrogen functional groups attached to an aromatic ring is 1. The van der Waals surface area contributed by atoms with Crippen molar-refractivity contribution in [2.24, 2.45) is 0 Å². The van der Waals surface area contributed by atoms with E-state index in [2.05, 4.69) is 10.3 Å². The van der Waals surface area contributed by atoms with Gasteiger partial charge in [0, 0.05) is 11.3 Å². The van der Waals surface area contributed by atoms with Crippen LogP contribution in [0.2, 0.25) is 0 Å². The molecule has 20 heavy (non-hydrogen) atoms. The zero-order valence-corrected chi connectivity index (χ0v) is 11.7. The number of carbonyl (C=O) groups excluding carboxylic acids is 1. The quantitative estimate of drug-likeness (QED) is 0.708. The standard InChI is InChI=1S/C15H13N3OS/c1-9-10(5-4-6-11(9)16)14(19)18-15-17-12-7-2-3-8-13(12)20-15/h2-8H,16H2,1H3,(H,17,18,19). The summed E-state index contributed by atoms with van der Waals surface area (Å²) in [6.07, 6.45) is 0. The second-order valence-corrected chi connectivity index (χ2v) is 5.49. The molecule has 1 aromatic heterocycles. The SMILES string of the molecule is Cc1c(N)cccc1C(=O)Nc1nc2ccccc2s1. The van der Waals surface area contributed by atoms with Crippen molar-refractivity contribution in [3.63, 3.8) is 0 Å². The molecule has 3 aromatic rings. The molecule has 0 spiro atoms.